The summed E-state index contributed by atoms with van der Waals surface area (Å²) >= 11 is 0. The summed E-state index contributed by atoms with van der Waals surface area (Å²) in [6.45, 7) is 1.74. The van der Waals surface area contributed by atoms with Crippen LogP contribution in [0.4, 0.5) is 0 Å². The molecular weight excluding hydrogens is 226 g/mol. The third-order valence-corrected chi connectivity index (χ3v) is 3.84. The number of aromatic nitrogens is 1. The summed E-state index contributed by atoms with van der Waals surface area (Å²) in [5.41, 5.74) is 0.667. The highest BCUT2D eigenvalue weighted by Gasteiger charge is 2.16. The highest BCUT2D eigenvalue weighted by Crippen LogP contribution is 2.23. The molecule has 0 aliphatic heterocycles. The van der Waals surface area contributed by atoms with Crippen LogP contribution in [0.15, 0.2) is 35.5 Å². The van der Waals surface area contributed by atoms with E-state index in [0.29, 0.717) is 5.56 Å². The molecule has 2 rings (SSSR count). The van der Waals surface area contributed by atoms with E-state index in [1.165, 1.54) is 0 Å². The number of benzene rings is 1. The minimum absolute atomic E-state index is 0.190. The number of hydrogen-bond acceptors (Lipinski definition) is 4. The number of rotatable bonds is 2. The number of pyridine rings is 1. The number of aryl methyl sites for hydroxylation is 1. The van der Waals surface area contributed by atoms with Gasteiger partial charge in [0.05, 0.1) is 12.0 Å². The van der Waals surface area contributed by atoms with E-state index in [1.54, 1.807) is 25.4 Å². The Morgan fingerprint density at radius 2 is 2.00 bits per heavy atom. The van der Waals surface area contributed by atoms with E-state index >= 15 is 0 Å². The fourth-order valence-electron chi connectivity index (χ4n) is 1.59. The summed E-state index contributed by atoms with van der Waals surface area (Å²) in [5, 5.41) is 1.74. The first-order chi connectivity index (χ1) is 7.54. The molecule has 1 aromatic heterocycles. The number of fused-ring (bicyclic) bond motifs is 1. The van der Waals surface area contributed by atoms with Gasteiger partial charge in [-0.05, 0) is 36.1 Å². The van der Waals surface area contributed by atoms with Crippen molar-refractivity contribution in [2.45, 2.75) is 11.8 Å². The van der Waals surface area contributed by atoms with Crippen molar-refractivity contribution in [1.29, 1.82) is 0 Å². The minimum Gasteiger partial charge on any atom is -0.270 e. The van der Waals surface area contributed by atoms with Crippen LogP contribution in [0, 0.1) is 6.92 Å². The minimum atomic E-state index is -3.65. The van der Waals surface area contributed by atoms with Gasteiger partial charge in [-0.1, -0.05) is 0 Å². The average Bonchev–Trinajstić information content (AvgIpc) is 2.28. The molecule has 0 saturated carbocycles. The van der Waals surface area contributed by atoms with Crippen LogP contribution < -0.4 is 0 Å². The van der Waals surface area contributed by atoms with E-state index in [0.717, 1.165) is 17.9 Å². The highest BCUT2D eigenvalue weighted by atomic mass is 32.2. The van der Waals surface area contributed by atoms with Gasteiger partial charge in [0.2, 0.25) is 0 Å². The van der Waals surface area contributed by atoms with E-state index in [2.05, 4.69) is 9.17 Å². The van der Waals surface area contributed by atoms with Crippen LogP contribution in [0.2, 0.25) is 0 Å². The lowest BCUT2D eigenvalue weighted by Crippen LogP contribution is -2.04. The maximum Gasteiger partial charge on any atom is 0.296 e. The molecule has 0 saturated heterocycles. The molecule has 0 bridgehead atoms. The zero-order chi connectivity index (χ0) is 11.8. The summed E-state index contributed by atoms with van der Waals surface area (Å²) in [5.74, 6) is 0. The van der Waals surface area contributed by atoms with Gasteiger partial charge in [-0.15, -0.1) is 0 Å². The van der Waals surface area contributed by atoms with Gasteiger partial charge in [-0.3, -0.25) is 9.17 Å². The number of nitrogens with zero attached hydrogens (tertiary/aromatic N) is 1. The summed E-state index contributed by atoms with van der Waals surface area (Å²) in [6.07, 6.45) is 3.30. The molecule has 2 aromatic rings. The van der Waals surface area contributed by atoms with Crippen molar-refractivity contribution in [3.63, 3.8) is 0 Å². The van der Waals surface area contributed by atoms with Crippen molar-refractivity contribution in [3.8, 4) is 0 Å². The van der Waals surface area contributed by atoms with Crippen LogP contribution in [0.1, 0.15) is 5.56 Å². The molecule has 0 amide bonds. The largest absolute Gasteiger partial charge is 0.296 e. The Kier molecular flexibility index (Phi) is 2.65. The lowest BCUT2D eigenvalue weighted by atomic mass is 10.1. The Morgan fingerprint density at radius 3 is 2.69 bits per heavy atom. The topological polar surface area (TPSA) is 56.3 Å². The third-order valence-electron chi connectivity index (χ3n) is 2.42. The molecule has 5 heteroatoms. The zero-order valence-electron chi connectivity index (χ0n) is 8.97. The Morgan fingerprint density at radius 1 is 1.25 bits per heavy atom. The Labute approximate surface area is 94.0 Å². The Bertz CT molecular complexity index is 635. The molecule has 0 atom stereocenters. The third kappa shape index (κ3) is 1.79. The Balaban J connectivity index is 2.78. The maximum atomic E-state index is 11.6. The second-order valence-electron chi connectivity index (χ2n) is 3.46. The lowest BCUT2D eigenvalue weighted by molar-refractivity contribution is 0.397. The van der Waals surface area contributed by atoms with Crippen molar-refractivity contribution in [2.75, 3.05) is 7.11 Å². The van der Waals surface area contributed by atoms with Crippen molar-refractivity contribution < 1.29 is 12.6 Å². The van der Waals surface area contributed by atoms with Gasteiger partial charge in [-0.2, -0.15) is 8.42 Å². The summed E-state index contributed by atoms with van der Waals surface area (Å²) in [6, 6.07) is 5.23. The molecule has 0 aliphatic carbocycles. The van der Waals surface area contributed by atoms with Gasteiger partial charge in [-0.25, -0.2) is 0 Å². The van der Waals surface area contributed by atoms with Crippen molar-refractivity contribution >= 4 is 20.9 Å². The van der Waals surface area contributed by atoms with Gasteiger partial charge in [0.1, 0.15) is 0 Å². The summed E-state index contributed by atoms with van der Waals surface area (Å²) in [4.78, 5) is 4.15. The molecule has 1 aromatic carbocycles. The molecule has 84 valence electrons. The highest BCUT2D eigenvalue weighted by molar-refractivity contribution is 7.86. The van der Waals surface area contributed by atoms with Gasteiger partial charge in [0.25, 0.3) is 10.1 Å². The first-order valence-electron chi connectivity index (χ1n) is 4.69. The molecule has 16 heavy (non-hydrogen) atoms. The maximum absolute atomic E-state index is 11.6. The molecule has 0 N–H and O–H groups in total. The normalized spacial score (nSPS) is 11.9. The first-order valence-corrected chi connectivity index (χ1v) is 6.10. The van der Waals surface area contributed by atoms with Crippen LogP contribution >= 0.6 is 0 Å². The lowest BCUT2D eigenvalue weighted by Gasteiger charge is -2.07. The Hall–Kier alpha value is -1.46. The summed E-state index contributed by atoms with van der Waals surface area (Å²) < 4.78 is 27.8. The second-order valence-corrected chi connectivity index (χ2v) is 5.14. The van der Waals surface area contributed by atoms with Gasteiger partial charge in [0, 0.05) is 17.8 Å². The molecule has 4 nitrogen and oxygen atoms in total. The zero-order valence-corrected chi connectivity index (χ0v) is 9.78. The van der Waals surface area contributed by atoms with E-state index < -0.39 is 10.1 Å². The van der Waals surface area contributed by atoms with Crippen LogP contribution in [-0.2, 0) is 14.3 Å². The van der Waals surface area contributed by atoms with Crippen molar-refractivity contribution in [1.82, 2.24) is 4.98 Å². The van der Waals surface area contributed by atoms with Crippen molar-refractivity contribution in [2.24, 2.45) is 0 Å². The molecule has 0 spiro atoms. The van der Waals surface area contributed by atoms with Crippen LogP contribution in [0.5, 0.6) is 0 Å². The van der Waals surface area contributed by atoms with E-state index in [4.69, 9.17) is 0 Å². The average molecular weight is 237 g/mol. The number of hydrogen-bond donors (Lipinski definition) is 0. The first kappa shape index (κ1) is 11.0. The SMILES string of the molecule is COS(=O)(=O)c1cc2cnccc2cc1C. The van der Waals surface area contributed by atoms with E-state index in [1.807, 2.05) is 12.1 Å². The van der Waals surface area contributed by atoms with Gasteiger partial charge >= 0.3 is 0 Å². The van der Waals surface area contributed by atoms with Gasteiger partial charge < -0.3 is 0 Å². The van der Waals surface area contributed by atoms with Crippen LogP contribution in [0.3, 0.4) is 0 Å². The smallest absolute Gasteiger partial charge is 0.270 e. The second kappa shape index (κ2) is 3.84. The monoisotopic (exact) mass is 237 g/mol. The molecule has 0 unspecified atom stereocenters. The fourth-order valence-corrected chi connectivity index (χ4v) is 2.49. The summed E-state index contributed by atoms with van der Waals surface area (Å²) in [7, 11) is -2.49. The molecular formula is C11H11NO3S. The van der Waals surface area contributed by atoms with Crippen LogP contribution in [-0.4, -0.2) is 20.5 Å². The van der Waals surface area contributed by atoms with E-state index in [-0.39, 0.29) is 4.90 Å². The molecule has 1 heterocycles. The standard InChI is InChI=1S/C11H11NO3S/c1-8-5-9-3-4-12-7-10(9)6-11(8)16(13,14)15-2/h3-7H,1-2H3. The van der Waals surface area contributed by atoms with Gasteiger partial charge in [0.15, 0.2) is 0 Å². The van der Waals surface area contributed by atoms with Crippen LogP contribution in [0.25, 0.3) is 10.8 Å². The van der Waals surface area contributed by atoms with Crippen molar-refractivity contribution in [3.05, 3.63) is 36.2 Å². The molecule has 0 fully saturated rings. The predicted octanol–water partition coefficient (Wildman–Crippen LogP) is 1.88. The van der Waals surface area contributed by atoms with E-state index in [9.17, 15) is 8.42 Å². The fraction of sp³-hybridized carbons (Fsp3) is 0.182. The quantitative estimate of drug-likeness (QED) is 0.748. The molecule has 0 aliphatic rings. The predicted molar refractivity (Wildman–Crippen MR) is 60.7 cm³/mol. The molecule has 0 radical (unpaired) electrons.